The van der Waals surface area contributed by atoms with Crippen molar-refractivity contribution in [2.24, 2.45) is 0 Å². The van der Waals surface area contributed by atoms with Crippen LogP contribution in [0.1, 0.15) is 163 Å². The molecule has 0 saturated carbocycles. The molecule has 30 rings (SSSR count). The van der Waals surface area contributed by atoms with E-state index in [9.17, 15) is 0 Å². The molecule has 0 saturated heterocycles. The maximum Gasteiger partial charge on any atom is 0.136 e. The summed E-state index contributed by atoms with van der Waals surface area (Å²) < 4.78 is 20.3. The van der Waals surface area contributed by atoms with Gasteiger partial charge in [0.2, 0.25) is 0 Å². The molecule has 138 heavy (non-hydrogen) atoms. The van der Waals surface area contributed by atoms with E-state index < -0.39 is 0 Å². The van der Waals surface area contributed by atoms with Crippen LogP contribution in [0.2, 0.25) is 0 Å². The molecule has 0 fully saturated rings. The van der Waals surface area contributed by atoms with Crippen molar-refractivity contribution in [1.82, 2.24) is 13.2 Å². The molecular weight excluding hydrogens is 1670 g/mol. The van der Waals surface area contributed by atoms with Crippen molar-refractivity contribution in [2.75, 3.05) is 0 Å². The Morgan fingerprint density at radius 2 is 0.486 bits per heavy atom. The van der Waals surface area contributed by atoms with E-state index in [-0.39, 0.29) is 0 Å². The van der Waals surface area contributed by atoms with Gasteiger partial charge in [-0.2, -0.15) is 0 Å². The van der Waals surface area contributed by atoms with Crippen LogP contribution in [0.5, 0.6) is 0 Å². The average molecular weight is 1770 g/mol. The van der Waals surface area contributed by atoms with Gasteiger partial charge in [0, 0.05) is 86.2 Å². The number of rotatable bonds is 9. The summed E-state index contributed by atoms with van der Waals surface area (Å²) in [6.45, 7) is 27.3. The number of para-hydroxylation sites is 2. The molecule has 1 aliphatic rings. The zero-order valence-electron chi connectivity index (χ0n) is 79.7. The Hall–Kier alpha value is -15.8. The molecule has 5 heteroatoms. The fraction of sp³-hybridized carbons (Fsp3) is 0.143. The molecule has 660 valence electrons. The van der Waals surface area contributed by atoms with Crippen molar-refractivity contribution in [1.29, 1.82) is 0 Å². The lowest BCUT2D eigenvalue weighted by Gasteiger charge is -2.11. The summed E-state index contributed by atoms with van der Waals surface area (Å²) in [5.41, 5.74) is 36.7. The number of hydrogen-bond acceptors (Lipinski definition) is 2. The zero-order chi connectivity index (χ0) is 92.5. The predicted octanol–water partition coefficient (Wildman–Crippen LogP) is 38.5. The van der Waals surface area contributed by atoms with Gasteiger partial charge in [-0.05, 0) is 335 Å². The summed E-state index contributed by atoms with van der Waals surface area (Å²) in [5, 5.41) is 36.0. The molecule has 8 heterocycles. The Morgan fingerprint density at radius 1 is 0.188 bits per heavy atom. The number of fused-ring (bicyclic) bond motifs is 33. The van der Waals surface area contributed by atoms with Crippen LogP contribution in [-0.4, -0.2) is 13.2 Å². The minimum absolute atomic E-state index is 0.486. The molecule has 0 unspecified atom stereocenters. The normalized spacial score (nSPS) is 12.9. The molecular formula is C133H101N3O2. The van der Waals surface area contributed by atoms with Gasteiger partial charge < -0.3 is 22.0 Å². The lowest BCUT2D eigenvalue weighted by molar-refractivity contribution is 0.668. The second-order valence-corrected chi connectivity index (χ2v) is 41.8. The van der Waals surface area contributed by atoms with Gasteiger partial charge in [0.25, 0.3) is 0 Å². The van der Waals surface area contributed by atoms with Crippen LogP contribution >= 0.6 is 0 Å². The number of hydrogen-bond donors (Lipinski definition) is 0. The summed E-state index contributed by atoms with van der Waals surface area (Å²) in [4.78, 5) is 0. The highest BCUT2D eigenvalue weighted by atomic mass is 16.3. The van der Waals surface area contributed by atoms with Crippen molar-refractivity contribution in [3.8, 4) is 44.5 Å². The third-order valence-electron chi connectivity index (χ3n) is 31.6. The molecule has 1 aliphatic carbocycles. The first-order valence-electron chi connectivity index (χ1n) is 49.7. The SMILES string of the molecule is CC(C)c1ccc2cc3c(cc2c1)c1cc(-c2ccc4c(c2)oc2ccccc24)cc2c4cc5cc(C(C)C)ccc5cc4n3c12.CC(C)c1ccc2cc3c(cc2c1)c1cc(-c2cccc4c2Cc2ccccc2-4)cc2c4cc5cc(C(C)C)ccc5cc4n3c12.CC(C)c1ccc2cc3c(cc2c1)c1cc(-c2cccc4oc5ccccc5c24)cc2c4cc5cc(C(C)C)ccc5cc4n3c12. The summed E-state index contributed by atoms with van der Waals surface area (Å²) in [6, 6.07) is 131. The monoisotopic (exact) mass is 1770 g/mol. The van der Waals surface area contributed by atoms with Crippen LogP contribution in [0.15, 0.2) is 355 Å². The number of nitrogens with zero attached hydrogens (tertiary/aromatic N) is 3. The summed E-state index contributed by atoms with van der Waals surface area (Å²) >= 11 is 0. The number of aromatic nitrogens is 3. The Balaban J connectivity index is 0.000000102. The van der Waals surface area contributed by atoms with Crippen LogP contribution in [0.25, 0.3) is 267 Å². The van der Waals surface area contributed by atoms with Crippen LogP contribution < -0.4 is 0 Å². The van der Waals surface area contributed by atoms with Crippen LogP contribution in [0, 0.1) is 0 Å². The highest BCUT2D eigenvalue weighted by molar-refractivity contribution is 6.31. The largest absolute Gasteiger partial charge is 0.456 e. The van der Waals surface area contributed by atoms with Gasteiger partial charge >= 0.3 is 0 Å². The standard InChI is InChI=1S/C45H35N.2C44H33NO/c1-25(2)27-12-14-29-23-43-39(19-32(29)16-27)41-21-34(36-10-7-11-37-35-9-6-5-8-31(35)18-38(36)37)22-42-40-20-33-17-28(26(3)4)13-15-30(33)24-44(40)46(43)45(41)42;1-24(2)26-12-14-28-22-39-35(18-30(28)16-26)37-20-32(33-9-7-11-42-43(33)34-8-5-6-10-41(34)46-42)21-38-36-19-31-17-27(25(3)4)13-15-29(31)23-40(36)45(39)44(37)38;1-24(2)26-9-11-28-21-40-36(17-31(28)15-26)38-19-33(30-13-14-35-34-7-5-6-8-42(34)46-43(35)23-30)20-39-37-18-32-16-27(25(3)4)10-12-29(32)22-41(37)45(40)44(38)39/h5-17,19-26H,18H2,1-4H3;2*5-25H,1-4H3. The molecule has 29 aromatic rings. The van der Waals surface area contributed by atoms with Crippen molar-refractivity contribution in [2.45, 2.75) is 125 Å². The predicted molar refractivity (Wildman–Crippen MR) is 592 cm³/mol. The van der Waals surface area contributed by atoms with Gasteiger partial charge in [-0.1, -0.05) is 289 Å². The Labute approximate surface area is 799 Å². The van der Waals surface area contributed by atoms with Crippen LogP contribution in [0.3, 0.4) is 0 Å². The quantitative estimate of drug-likeness (QED) is 0.144. The summed E-state index contributed by atoms with van der Waals surface area (Å²) in [5.74, 6) is 2.95. The Kier molecular flexibility index (Phi) is 17.4. The van der Waals surface area contributed by atoms with Crippen LogP contribution in [-0.2, 0) is 6.42 Å². The van der Waals surface area contributed by atoms with Crippen molar-refractivity contribution < 1.29 is 8.83 Å². The van der Waals surface area contributed by atoms with Gasteiger partial charge in [-0.15, -0.1) is 0 Å². The first kappa shape index (κ1) is 80.6. The number of benzene rings is 21. The number of furan rings is 2. The zero-order valence-corrected chi connectivity index (χ0v) is 79.7. The molecule has 0 N–H and O–H groups in total. The van der Waals surface area contributed by atoms with Crippen molar-refractivity contribution >= 4 is 223 Å². The minimum atomic E-state index is 0.486. The molecule has 0 aliphatic heterocycles. The van der Waals surface area contributed by atoms with E-state index >= 15 is 0 Å². The minimum Gasteiger partial charge on any atom is -0.456 e. The Bertz CT molecular complexity index is 9890. The fourth-order valence-electron chi connectivity index (χ4n) is 24.2. The first-order chi connectivity index (χ1) is 67.3. The molecule has 0 radical (unpaired) electrons. The van der Waals surface area contributed by atoms with E-state index in [0.717, 1.165) is 44.9 Å². The van der Waals surface area contributed by atoms with E-state index in [1.54, 1.807) is 0 Å². The van der Waals surface area contributed by atoms with Crippen molar-refractivity contribution in [3.63, 3.8) is 0 Å². The average Bonchev–Trinajstić information content (AvgIpc) is 1.53. The third kappa shape index (κ3) is 12.1. The molecule has 0 atom stereocenters. The maximum atomic E-state index is 6.33. The van der Waals surface area contributed by atoms with E-state index in [4.69, 9.17) is 8.83 Å². The van der Waals surface area contributed by atoms with E-state index in [2.05, 4.69) is 430 Å². The highest BCUT2D eigenvalue weighted by Gasteiger charge is 2.29. The van der Waals surface area contributed by atoms with Gasteiger partial charge in [0.15, 0.2) is 0 Å². The molecule has 8 aromatic heterocycles. The van der Waals surface area contributed by atoms with Crippen LogP contribution in [0.4, 0.5) is 0 Å². The molecule has 5 nitrogen and oxygen atoms in total. The fourth-order valence-corrected chi connectivity index (χ4v) is 24.2. The van der Waals surface area contributed by atoms with E-state index in [1.807, 2.05) is 12.1 Å². The lowest BCUT2D eigenvalue weighted by Crippen LogP contribution is -1.89. The Morgan fingerprint density at radius 3 is 0.877 bits per heavy atom. The smallest absolute Gasteiger partial charge is 0.136 e. The van der Waals surface area contributed by atoms with E-state index in [1.165, 1.54) is 273 Å². The molecule has 0 spiro atoms. The second kappa shape index (κ2) is 29.8. The maximum absolute atomic E-state index is 6.33. The van der Waals surface area contributed by atoms with Crippen molar-refractivity contribution in [3.05, 3.63) is 390 Å². The highest BCUT2D eigenvalue weighted by Crippen LogP contribution is 2.53. The van der Waals surface area contributed by atoms with Gasteiger partial charge in [-0.3, -0.25) is 0 Å². The summed E-state index contributed by atoms with van der Waals surface area (Å²) in [6.07, 6.45) is 0.985. The lowest BCUT2D eigenvalue weighted by atomic mass is 9.92. The first-order valence-corrected chi connectivity index (χ1v) is 49.7. The van der Waals surface area contributed by atoms with Gasteiger partial charge in [0.05, 0.1) is 49.7 Å². The molecule has 0 bridgehead atoms. The third-order valence-corrected chi connectivity index (χ3v) is 31.6. The second-order valence-electron chi connectivity index (χ2n) is 41.8. The van der Waals surface area contributed by atoms with Gasteiger partial charge in [0.1, 0.15) is 22.3 Å². The molecule has 0 amide bonds. The van der Waals surface area contributed by atoms with E-state index in [0.29, 0.717) is 35.5 Å². The summed E-state index contributed by atoms with van der Waals surface area (Å²) in [7, 11) is 0. The molecule has 21 aromatic carbocycles. The van der Waals surface area contributed by atoms with Gasteiger partial charge in [-0.25, -0.2) is 0 Å². The topological polar surface area (TPSA) is 39.5 Å².